The Bertz CT molecular complexity index is 176. The van der Waals surface area contributed by atoms with E-state index in [0.29, 0.717) is 12.3 Å². The van der Waals surface area contributed by atoms with Crippen LogP contribution in [-0.2, 0) is 9.53 Å². The maximum Gasteiger partial charge on any atom is 0.354 e. The third-order valence-electron chi connectivity index (χ3n) is 1.63. The summed E-state index contributed by atoms with van der Waals surface area (Å²) in [7, 11) is 0. The predicted octanol–water partition coefficient (Wildman–Crippen LogP) is 1.84. The quantitative estimate of drug-likeness (QED) is 0.390. The zero-order chi connectivity index (χ0) is 10.1. The van der Waals surface area contributed by atoms with E-state index in [4.69, 9.17) is 4.74 Å². The van der Waals surface area contributed by atoms with Crippen LogP contribution < -0.4 is 5.32 Å². The molecule has 0 atom stereocenters. The van der Waals surface area contributed by atoms with Crippen LogP contribution in [0.25, 0.3) is 0 Å². The Balaban J connectivity index is 3.83. The maximum atomic E-state index is 11.2. The van der Waals surface area contributed by atoms with Gasteiger partial charge in [0, 0.05) is 6.54 Å². The molecule has 0 fully saturated rings. The van der Waals surface area contributed by atoms with Crippen LogP contribution >= 0.6 is 0 Å². The summed E-state index contributed by atoms with van der Waals surface area (Å²) >= 11 is 0. The van der Waals surface area contributed by atoms with E-state index in [1.165, 1.54) is 0 Å². The van der Waals surface area contributed by atoms with Gasteiger partial charge in [0.25, 0.3) is 0 Å². The molecule has 3 heteroatoms. The fourth-order valence-corrected chi connectivity index (χ4v) is 0.901. The van der Waals surface area contributed by atoms with Crippen molar-refractivity contribution in [2.24, 2.45) is 0 Å². The summed E-state index contributed by atoms with van der Waals surface area (Å²) in [5.74, 6) is -0.263. The van der Waals surface area contributed by atoms with Crippen LogP contribution in [0.4, 0.5) is 0 Å². The Labute approximate surface area is 80.2 Å². The van der Waals surface area contributed by atoms with Gasteiger partial charge in [0.2, 0.25) is 0 Å². The molecule has 0 aliphatic heterocycles. The lowest BCUT2D eigenvalue weighted by molar-refractivity contribution is -0.138. The lowest BCUT2D eigenvalue weighted by Crippen LogP contribution is -2.23. The van der Waals surface area contributed by atoms with Crippen molar-refractivity contribution < 1.29 is 9.53 Å². The molecule has 13 heavy (non-hydrogen) atoms. The third-order valence-corrected chi connectivity index (χ3v) is 1.63. The van der Waals surface area contributed by atoms with Crippen molar-refractivity contribution >= 4 is 5.97 Å². The number of esters is 1. The average molecular weight is 185 g/mol. The fraction of sp³-hybridized carbons (Fsp3) is 0.700. The second-order valence-electron chi connectivity index (χ2n) is 2.70. The highest BCUT2D eigenvalue weighted by atomic mass is 16.5. The highest BCUT2D eigenvalue weighted by Gasteiger charge is 2.07. The van der Waals surface area contributed by atoms with Gasteiger partial charge in [-0.2, -0.15) is 0 Å². The number of carbonyl (C=O) groups excluding carboxylic acids is 1. The Morgan fingerprint density at radius 2 is 2.15 bits per heavy atom. The van der Waals surface area contributed by atoms with E-state index < -0.39 is 0 Å². The van der Waals surface area contributed by atoms with Crippen molar-refractivity contribution in [2.75, 3.05) is 13.2 Å². The SMILES string of the molecule is CC=C(NCCCC)C(=O)OCC. The number of ether oxygens (including phenoxy) is 1. The van der Waals surface area contributed by atoms with E-state index in [1.807, 2.05) is 6.92 Å². The number of unbranched alkanes of at least 4 members (excludes halogenated alkanes) is 1. The first-order valence-corrected chi connectivity index (χ1v) is 4.83. The molecule has 0 unspecified atom stereocenters. The fourth-order valence-electron chi connectivity index (χ4n) is 0.901. The summed E-state index contributed by atoms with van der Waals surface area (Å²) in [5, 5.41) is 3.04. The lowest BCUT2D eigenvalue weighted by Gasteiger charge is -2.08. The molecule has 1 N–H and O–H groups in total. The smallest absolute Gasteiger partial charge is 0.354 e. The molecule has 0 aliphatic rings. The summed E-state index contributed by atoms with van der Waals surface area (Å²) < 4.78 is 4.86. The molecular formula is C10H19NO2. The van der Waals surface area contributed by atoms with E-state index in [2.05, 4.69) is 12.2 Å². The molecule has 0 aromatic carbocycles. The first kappa shape index (κ1) is 12.0. The minimum absolute atomic E-state index is 0.263. The molecule has 0 saturated heterocycles. The summed E-state index contributed by atoms with van der Waals surface area (Å²) in [6.07, 6.45) is 3.93. The minimum Gasteiger partial charge on any atom is -0.461 e. The number of hydrogen-bond donors (Lipinski definition) is 1. The van der Waals surface area contributed by atoms with Crippen molar-refractivity contribution in [1.82, 2.24) is 5.32 Å². The highest BCUT2D eigenvalue weighted by molar-refractivity contribution is 5.87. The van der Waals surface area contributed by atoms with Crippen molar-refractivity contribution in [2.45, 2.75) is 33.6 Å². The second kappa shape index (κ2) is 7.65. The van der Waals surface area contributed by atoms with Gasteiger partial charge in [0.15, 0.2) is 0 Å². The molecule has 0 amide bonds. The Kier molecular flexibility index (Phi) is 7.07. The number of nitrogens with one attached hydrogen (secondary N) is 1. The van der Waals surface area contributed by atoms with Crippen LogP contribution in [0.2, 0.25) is 0 Å². The summed E-state index contributed by atoms with van der Waals surface area (Å²) in [6.45, 7) is 6.99. The summed E-state index contributed by atoms with van der Waals surface area (Å²) in [5.41, 5.74) is 0.565. The van der Waals surface area contributed by atoms with Crippen molar-refractivity contribution in [1.29, 1.82) is 0 Å². The van der Waals surface area contributed by atoms with Gasteiger partial charge in [0.1, 0.15) is 5.70 Å². The normalized spacial score (nSPS) is 11.2. The standard InChI is InChI=1S/C10H19NO2/c1-4-7-8-11-9(5-2)10(12)13-6-3/h5,11H,4,6-8H2,1-3H3. The van der Waals surface area contributed by atoms with Crippen LogP contribution in [0.15, 0.2) is 11.8 Å². The van der Waals surface area contributed by atoms with Crippen molar-refractivity contribution in [3.8, 4) is 0 Å². The average Bonchev–Trinajstić information content (AvgIpc) is 2.13. The summed E-state index contributed by atoms with van der Waals surface area (Å²) in [4.78, 5) is 11.2. The summed E-state index contributed by atoms with van der Waals surface area (Å²) in [6, 6.07) is 0. The zero-order valence-electron chi connectivity index (χ0n) is 8.72. The largest absolute Gasteiger partial charge is 0.461 e. The van der Waals surface area contributed by atoms with Gasteiger partial charge in [-0.05, 0) is 20.3 Å². The predicted molar refractivity (Wildman–Crippen MR) is 53.3 cm³/mol. The van der Waals surface area contributed by atoms with Crippen molar-refractivity contribution in [3.05, 3.63) is 11.8 Å². The molecule has 76 valence electrons. The molecule has 0 aromatic heterocycles. The van der Waals surface area contributed by atoms with E-state index in [9.17, 15) is 4.79 Å². The Morgan fingerprint density at radius 1 is 1.46 bits per heavy atom. The molecule has 0 saturated carbocycles. The molecule has 0 aliphatic carbocycles. The van der Waals surface area contributed by atoms with Gasteiger partial charge in [-0.15, -0.1) is 0 Å². The van der Waals surface area contributed by atoms with E-state index >= 15 is 0 Å². The second-order valence-corrected chi connectivity index (χ2v) is 2.70. The van der Waals surface area contributed by atoms with Crippen LogP contribution in [0, 0.1) is 0 Å². The number of allylic oxidation sites excluding steroid dienone is 1. The first-order valence-electron chi connectivity index (χ1n) is 4.83. The van der Waals surface area contributed by atoms with E-state index in [-0.39, 0.29) is 5.97 Å². The first-order chi connectivity index (χ1) is 6.26. The minimum atomic E-state index is -0.263. The van der Waals surface area contributed by atoms with Gasteiger partial charge in [-0.1, -0.05) is 19.4 Å². The third kappa shape index (κ3) is 5.28. The number of hydrogen-bond acceptors (Lipinski definition) is 3. The van der Waals surface area contributed by atoms with E-state index in [0.717, 1.165) is 19.4 Å². The van der Waals surface area contributed by atoms with Crippen LogP contribution in [-0.4, -0.2) is 19.1 Å². The van der Waals surface area contributed by atoms with Crippen LogP contribution in [0.1, 0.15) is 33.6 Å². The molecule has 0 aromatic rings. The number of carbonyl (C=O) groups is 1. The molecule has 0 heterocycles. The molecule has 3 nitrogen and oxygen atoms in total. The maximum absolute atomic E-state index is 11.2. The topological polar surface area (TPSA) is 38.3 Å². The zero-order valence-corrected chi connectivity index (χ0v) is 8.72. The molecule has 0 radical (unpaired) electrons. The van der Waals surface area contributed by atoms with Gasteiger partial charge in [0.05, 0.1) is 6.61 Å². The number of rotatable bonds is 6. The lowest BCUT2D eigenvalue weighted by atomic mass is 10.3. The van der Waals surface area contributed by atoms with Gasteiger partial charge < -0.3 is 10.1 Å². The Morgan fingerprint density at radius 3 is 2.62 bits per heavy atom. The van der Waals surface area contributed by atoms with Gasteiger partial charge >= 0.3 is 5.97 Å². The van der Waals surface area contributed by atoms with Crippen LogP contribution in [0.5, 0.6) is 0 Å². The van der Waals surface area contributed by atoms with Crippen molar-refractivity contribution in [3.63, 3.8) is 0 Å². The van der Waals surface area contributed by atoms with E-state index in [1.54, 1.807) is 13.0 Å². The van der Waals surface area contributed by atoms with Gasteiger partial charge in [-0.25, -0.2) is 4.79 Å². The molecule has 0 rings (SSSR count). The molecular weight excluding hydrogens is 166 g/mol. The highest BCUT2D eigenvalue weighted by Crippen LogP contribution is 1.94. The Hall–Kier alpha value is -0.990. The van der Waals surface area contributed by atoms with Gasteiger partial charge in [-0.3, -0.25) is 0 Å². The van der Waals surface area contributed by atoms with Crippen LogP contribution in [0.3, 0.4) is 0 Å². The monoisotopic (exact) mass is 185 g/mol. The molecule has 0 spiro atoms. The molecule has 0 bridgehead atoms.